The molecular weight excluding hydrogens is 413 g/mol. The van der Waals surface area contributed by atoms with Gasteiger partial charge in [-0.1, -0.05) is 12.1 Å². The molecule has 31 heavy (non-hydrogen) atoms. The number of thiophene rings is 1. The van der Waals surface area contributed by atoms with Gasteiger partial charge in [0.05, 0.1) is 16.8 Å². The van der Waals surface area contributed by atoms with Crippen molar-refractivity contribution in [3.05, 3.63) is 42.5 Å². The number of hydrogen-bond donors (Lipinski definition) is 0. The first-order valence-electron chi connectivity index (χ1n) is 10.9. The Morgan fingerprint density at radius 1 is 0.968 bits per heavy atom. The third kappa shape index (κ3) is 4.41. The van der Waals surface area contributed by atoms with Gasteiger partial charge < -0.3 is 9.80 Å². The van der Waals surface area contributed by atoms with E-state index in [1.165, 1.54) is 18.6 Å². The zero-order chi connectivity index (χ0) is 21.2. The maximum absolute atomic E-state index is 13.3. The van der Waals surface area contributed by atoms with Gasteiger partial charge >= 0.3 is 0 Å². The van der Waals surface area contributed by atoms with E-state index in [4.69, 9.17) is 0 Å². The molecule has 162 valence electrons. The van der Waals surface area contributed by atoms with E-state index >= 15 is 0 Å². The van der Waals surface area contributed by atoms with Crippen LogP contribution in [0.4, 0.5) is 10.2 Å². The first kappa shape index (κ1) is 20.3. The summed E-state index contributed by atoms with van der Waals surface area (Å²) in [7, 11) is 0. The fraction of sp³-hybridized carbons (Fsp3) is 0.435. The van der Waals surface area contributed by atoms with Gasteiger partial charge in [0.15, 0.2) is 0 Å². The van der Waals surface area contributed by atoms with E-state index in [-0.39, 0.29) is 11.7 Å². The van der Waals surface area contributed by atoms with Crippen LogP contribution in [-0.2, 0) is 4.79 Å². The highest BCUT2D eigenvalue weighted by molar-refractivity contribution is 7.22. The Balaban J connectivity index is 1.27. The number of carbonyl (C=O) groups is 1. The summed E-state index contributed by atoms with van der Waals surface area (Å²) in [5.74, 6) is 0.979. The van der Waals surface area contributed by atoms with E-state index in [1.807, 2.05) is 11.0 Å². The fourth-order valence-electron chi connectivity index (χ4n) is 4.38. The number of nitrogens with zero attached hydrogens (tertiary/aromatic N) is 5. The third-order valence-corrected chi connectivity index (χ3v) is 7.33. The number of fused-ring (bicyclic) bond motifs is 1. The van der Waals surface area contributed by atoms with Crippen molar-refractivity contribution < 1.29 is 9.18 Å². The molecule has 0 atom stereocenters. The Labute approximate surface area is 185 Å². The molecule has 2 fully saturated rings. The molecule has 6 nitrogen and oxygen atoms in total. The van der Waals surface area contributed by atoms with Crippen molar-refractivity contribution in [2.75, 3.05) is 50.7 Å². The molecule has 0 saturated carbocycles. The molecule has 5 rings (SSSR count). The van der Waals surface area contributed by atoms with Gasteiger partial charge in [-0.2, -0.15) is 0 Å². The van der Waals surface area contributed by atoms with Crippen molar-refractivity contribution in [1.82, 2.24) is 19.8 Å². The third-order valence-electron chi connectivity index (χ3n) is 6.16. The number of piperidine rings is 1. The Morgan fingerprint density at radius 3 is 2.45 bits per heavy atom. The normalized spacial score (nSPS) is 18.0. The number of amides is 1. The maximum Gasteiger partial charge on any atom is 0.236 e. The Morgan fingerprint density at radius 2 is 1.71 bits per heavy atom. The maximum atomic E-state index is 13.3. The molecule has 1 amide bonds. The summed E-state index contributed by atoms with van der Waals surface area (Å²) in [5, 5.41) is 0. The van der Waals surface area contributed by atoms with E-state index in [9.17, 15) is 9.18 Å². The second-order valence-corrected chi connectivity index (χ2v) is 9.29. The number of likely N-dealkylation sites (tertiary alicyclic amines) is 1. The second-order valence-electron chi connectivity index (χ2n) is 8.23. The van der Waals surface area contributed by atoms with E-state index in [1.54, 1.807) is 29.8 Å². The number of piperazine rings is 1. The molecule has 4 heterocycles. The van der Waals surface area contributed by atoms with Gasteiger partial charge in [-0.15, -0.1) is 11.3 Å². The average molecular weight is 440 g/mol. The standard InChI is InChI=1S/C23H26FN5OS/c24-18-6-4-17(5-7-18)20-14-19-22(31-20)23(26-16-25-19)29-12-10-27(11-13-29)15-21(30)28-8-2-1-3-9-28/h4-7,14,16H,1-3,8-13,15H2. The van der Waals surface area contributed by atoms with Crippen molar-refractivity contribution in [2.45, 2.75) is 19.3 Å². The predicted octanol–water partition coefficient (Wildman–Crippen LogP) is 3.63. The van der Waals surface area contributed by atoms with Crippen LogP contribution in [-0.4, -0.2) is 71.5 Å². The zero-order valence-electron chi connectivity index (χ0n) is 17.5. The smallest absolute Gasteiger partial charge is 0.236 e. The minimum absolute atomic E-state index is 0.234. The lowest BCUT2D eigenvalue weighted by Crippen LogP contribution is -2.50. The number of carbonyl (C=O) groups excluding carboxylic acids is 1. The van der Waals surface area contributed by atoms with Gasteiger partial charge in [0.1, 0.15) is 18.0 Å². The van der Waals surface area contributed by atoms with Gasteiger partial charge in [-0.3, -0.25) is 9.69 Å². The van der Waals surface area contributed by atoms with Crippen LogP contribution in [0.2, 0.25) is 0 Å². The van der Waals surface area contributed by atoms with Gasteiger partial charge in [-0.25, -0.2) is 14.4 Å². The van der Waals surface area contributed by atoms with Crippen LogP contribution in [0, 0.1) is 5.82 Å². The summed E-state index contributed by atoms with van der Waals surface area (Å²) >= 11 is 1.64. The lowest BCUT2D eigenvalue weighted by molar-refractivity contribution is -0.133. The van der Waals surface area contributed by atoms with Crippen LogP contribution in [0.5, 0.6) is 0 Å². The van der Waals surface area contributed by atoms with Gasteiger partial charge in [0, 0.05) is 44.1 Å². The van der Waals surface area contributed by atoms with Gasteiger partial charge in [0.25, 0.3) is 0 Å². The Kier molecular flexibility index (Phi) is 5.82. The highest BCUT2D eigenvalue weighted by Gasteiger charge is 2.24. The number of anilines is 1. The number of hydrogen-bond acceptors (Lipinski definition) is 6. The fourth-order valence-corrected chi connectivity index (χ4v) is 5.51. The van der Waals surface area contributed by atoms with Crippen molar-refractivity contribution >= 4 is 33.3 Å². The van der Waals surface area contributed by atoms with E-state index in [0.717, 1.165) is 78.6 Å². The number of benzene rings is 1. The van der Waals surface area contributed by atoms with Crippen LogP contribution >= 0.6 is 11.3 Å². The quantitative estimate of drug-likeness (QED) is 0.621. The minimum Gasteiger partial charge on any atom is -0.353 e. The molecule has 2 aliphatic rings. The molecule has 0 N–H and O–H groups in total. The number of halogens is 1. The van der Waals surface area contributed by atoms with Crippen LogP contribution < -0.4 is 4.90 Å². The zero-order valence-corrected chi connectivity index (χ0v) is 18.3. The summed E-state index contributed by atoms with van der Waals surface area (Å²) in [4.78, 5) is 29.2. The topological polar surface area (TPSA) is 52.6 Å². The van der Waals surface area contributed by atoms with E-state index in [0.29, 0.717) is 6.54 Å². The van der Waals surface area contributed by atoms with Gasteiger partial charge in [-0.05, 0) is 43.0 Å². The van der Waals surface area contributed by atoms with Crippen LogP contribution in [0.25, 0.3) is 20.7 Å². The summed E-state index contributed by atoms with van der Waals surface area (Å²) in [6, 6.07) is 8.61. The van der Waals surface area contributed by atoms with E-state index in [2.05, 4.69) is 19.8 Å². The molecule has 2 saturated heterocycles. The first-order chi connectivity index (χ1) is 15.2. The van der Waals surface area contributed by atoms with E-state index < -0.39 is 0 Å². The summed E-state index contributed by atoms with van der Waals surface area (Å²) in [6.07, 6.45) is 5.11. The lowest BCUT2D eigenvalue weighted by Gasteiger charge is -2.36. The van der Waals surface area contributed by atoms with Gasteiger partial charge in [0.2, 0.25) is 5.91 Å². The average Bonchev–Trinajstić information content (AvgIpc) is 3.25. The molecule has 1 aromatic carbocycles. The Hall–Kier alpha value is -2.58. The molecular formula is C23H26FN5OS. The minimum atomic E-state index is -0.234. The molecule has 2 aliphatic heterocycles. The Bertz CT molecular complexity index is 1060. The summed E-state index contributed by atoms with van der Waals surface area (Å²) in [5.41, 5.74) is 1.90. The highest BCUT2D eigenvalue weighted by Crippen LogP contribution is 2.37. The monoisotopic (exact) mass is 439 g/mol. The lowest BCUT2D eigenvalue weighted by atomic mass is 10.1. The van der Waals surface area contributed by atoms with Crippen LogP contribution in [0.1, 0.15) is 19.3 Å². The summed E-state index contributed by atoms with van der Waals surface area (Å²) in [6.45, 7) is 5.70. The number of rotatable bonds is 4. The highest BCUT2D eigenvalue weighted by atomic mass is 32.1. The van der Waals surface area contributed by atoms with Crippen molar-refractivity contribution in [1.29, 1.82) is 0 Å². The molecule has 0 aliphatic carbocycles. The SMILES string of the molecule is O=C(CN1CCN(c2ncnc3cc(-c4ccc(F)cc4)sc23)CC1)N1CCCCC1. The molecule has 3 aromatic rings. The van der Waals surface area contributed by atoms with Crippen LogP contribution in [0.15, 0.2) is 36.7 Å². The van der Waals surface area contributed by atoms with Crippen LogP contribution in [0.3, 0.4) is 0 Å². The molecule has 8 heteroatoms. The summed E-state index contributed by atoms with van der Waals surface area (Å²) < 4.78 is 14.3. The molecule has 0 radical (unpaired) electrons. The molecule has 0 bridgehead atoms. The first-order valence-corrected chi connectivity index (χ1v) is 11.7. The largest absolute Gasteiger partial charge is 0.353 e. The van der Waals surface area contributed by atoms with Crippen molar-refractivity contribution in [3.8, 4) is 10.4 Å². The second kappa shape index (κ2) is 8.88. The van der Waals surface area contributed by atoms with Crippen molar-refractivity contribution in [3.63, 3.8) is 0 Å². The molecule has 0 spiro atoms. The number of aromatic nitrogens is 2. The predicted molar refractivity (Wildman–Crippen MR) is 122 cm³/mol. The molecule has 0 unspecified atom stereocenters. The van der Waals surface area contributed by atoms with Crippen molar-refractivity contribution in [2.24, 2.45) is 0 Å². The molecule has 2 aromatic heterocycles.